The number of halogens is 1. The van der Waals surface area contributed by atoms with Gasteiger partial charge in [-0.3, -0.25) is 4.90 Å². The van der Waals surface area contributed by atoms with Crippen LogP contribution in [0.4, 0.5) is 0 Å². The first-order valence-electron chi connectivity index (χ1n) is 7.88. The first-order valence-corrected chi connectivity index (χ1v) is 8.26. The number of rotatable bonds is 7. The fourth-order valence-electron chi connectivity index (χ4n) is 2.44. The quantitative estimate of drug-likeness (QED) is 0.839. The van der Waals surface area contributed by atoms with Crippen LogP contribution in [-0.2, 0) is 6.54 Å². The zero-order chi connectivity index (χ0) is 15.1. The molecule has 0 amide bonds. The molecule has 2 heterocycles. The summed E-state index contributed by atoms with van der Waals surface area (Å²) in [6.07, 6.45) is 5.79. The maximum atomic E-state index is 6.24. The summed E-state index contributed by atoms with van der Waals surface area (Å²) in [5.74, 6) is 0.543. The minimum atomic E-state index is 0.448. The van der Waals surface area contributed by atoms with Gasteiger partial charge in [-0.2, -0.15) is 0 Å². The summed E-state index contributed by atoms with van der Waals surface area (Å²) in [5.41, 5.74) is 1.08. The van der Waals surface area contributed by atoms with Crippen LogP contribution < -0.4 is 10.1 Å². The molecule has 0 saturated carbocycles. The summed E-state index contributed by atoms with van der Waals surface area (Å²) < 4.78 is 5.71. The second-order valence-corrected chi connectivity index (χ2v) is 6.32. The molecule has 21 heavy (non-hydrogen) atoms. The zero-order valence-electron chi connectivity index (χ0n) is 13.1. The lowest BCUT2D eigenvalue weighted by molar-refractivity contribution is 0.180. The van der Waals surface area contributed by atoms with E-state index in [0.29, 0.717) is 23.6 Å². The topological polar surface area (TPSA) is 37.4 Å². The van der Waals surface area contributed by atoms with Gasteiger partial charge in [0.05, 0.1) is 0 Å². The minimum Gasteiger partial charge on any atom is -0.475 e. The van der Waals surface area contributed by atoms with Crippen LogP contribution in [0.1, 0.15) is 38.7 Å². The van der Waals surface area contributed by atoms with Crippen molar-refractivity contribution in [2.45, 2.75) is 45.7 Å². The van der Waals surface area contributed by atoms with Crippen LogP contribution in [0, 0.1) is 0 Å². The third-order valence-electron chi connectivity index (χ3n) is 3.67. The fourth-order valence-corrected chi connectivity index (χ4v) is 2.69. The molecule has 5 heteroatoms. The van der Waals surface area contributed by atoms with Crippen LogP contribution in [0.5, 0.6) is 5.88 Å². The summed E-state index contributed by atoms with van der Waals surface area (Å²) in [6, 6.07) is 2.38. The molecule has 0 atom stereocenters. The molecule has 1 aromatic rings. The molecule has 0 radical (unpaired) electrons. The summed E-state index contributed by atoms with van der Waals surface area (Å²) in [6.45, 7) is 8.98. The third-order valence-corrected chi connectivity index (χ3v) is 3.94. The van der Waals surface area contributed by atoms with Crippen LogP contribution in [0.15, 0.2) is 12.3 Å². The Bertz CT molecular complexity index is 434. The van der Waals surface area contributed by atoms with Gasteiger partial charge in [-0.05, 0) is 37.6 Å². The fraction of sp³-hybridized carbons (Fsp3) is 0.688. The predicted octanol–water partition coefficient (Wildman–Crippen LogP) is 3.10. The largest absolute Gasteiger partial charge is 0.475 e. The lowest BCUT2D eigenvalue weighted by Crippen LogP contribution is -2.33. The number of pyridine rings is 1. The summed E-state index contributed by atoms with van der Waals surface area (Å²) in [5, 5.41) is 3.94. The Morgan fingerprint density at radius 1 is 1.33 bits per heavy atom. The number of nitrogens with zero attached hydrogens (tertiary/aromatic N) is 2. The van der Waals surface area contributed by atoms with Crippen LogP contribution in [-0.4, -0.2) is 42.2 Å². The van der Waals surface area contributed by atoms with E-state index in [0.717, 1.165) is 18.7 Å². The van der Waals surface area contributed by atoms with Gasteiger partial charge in [-0.25, -0.2) is 4.98 Å². The number of aromatic nitrogens is 1. The number of ether oxygens (including phenoxy) is 1. The van der Waals surface area contributed by atoms with Gasteiger partial charge in [0, 0.05) is 25.3 Å². The molecule has 0 aliphatic carbocycles. The predicted molar refractivity (Wildman–Crippen MR) is 87.0 cm³/mol. The Labute approximate surface area is 132 Å². The van der Waals surface area contributed by atoms with E-state index >= 15 is 0 Å². The van der Waals surface area contributed by atoms with Gasteiger partial charge in [0.2, 0.25) is 5.88 Å². The van der Waals surface area contributed by atoms with E-state index in [1.54, 1.807) is 0 Å². The number of likely N-dealkylation sites (tertiary alicyclic amines) is 1. The van der Waals surface area contributed by atoms with E-state index in [1.165, 1.54) is 32.4 Å². The molecular formula is C16H26ClN3O. The summed E-state index contributed by atoms with van der Waals surface area (Å²) in [7, 11) is 0. The van der Waals surface area contributed by atoms with Gasteiger partial charge >= 0.3 is 0 Å². The molecule has 1 N–H and O–H groups in total. The highest BCUT2D eigenvalue weighted by molar-refractivity contribution is 6.31. The summed E-state index contributed by atoms with van der Waals surface area (Å²) >= 11 is 6.24. The number of hydrogen-bond donors (Lipinski definition) is 1. The minimum absolute atomic E-state index is 0.448. The van der Waals surface area contributed by atoms with Crippen molar-refractivity contribution in [3.8, 4) is 5.88 Å². The monoisotopic (exact) mass is 311 g/mol. The highest BCUT2D eigenvalue weighted by Crippen LogP contribution is 2.22. The SMILES string of the molecule is CC(C)NCc1cnc(OCCN2CCCCC2)c(Cl)c1. The maximum Gasteiger partial charge on any atom is 0.232 e. The Morgan fingerprint density at radius 2 is 2.10 bits per heavy atom. The number of hydrogen-bond acceptors (Lipinski definition) is 4. The Morgan fingerprint density at radius 3 is 2.76 bits per heavy atom. The average Bonchev–Trinajstić information content (AvgIpc) is 2.48. The number of piperidine rings is 1. The average molecular weight is 312 g/mol. The van der Waals surface area contributed by atoms with Crippen molar-refractivity contribution < 1.29 is 4.74 Å². The van der Waals surface area contributed by atoms with Gasteiger partial charge in [0.1, 0.15) is 11.6 Å². The van der Waals surface area contributed by atoms with E-state index in [-0.39, 0.29) is 0 Å². The third kappa shape index (κ3) is 5.81. The van der Waals surface area contributed by atoms with Crippen molar-refractivity contribution >= 4 is 11.6 Å². The first-order chi connectivity index (χ1) is 10.1. The molecule has 1 aliphatic heterocycles. The second-order valence-electron chi connectivity index (χ2n) is 5.92. The van der Waals surface area contributed by atoms with Crippen molar-refractivity contribution in [2.24, 2.45) is 0 Å². The van der Waals surface area contributed by atoms with E-state index < -0.39 is 0 Å². The Balaban J connectivity index is 1.77. The highest BCUT2D eigenvalue weighted by atomic mass is 35.5. The summed E-state index contributed by atoms with van der Waals surface area (Å²) in [4.78, 5) is 6.77. The molecule has 0 unspecified atom stereocenters. The van der Waals surface area contributed by atoms with Gasteiger partial charge < -0.3 is 10.1 Å². The molecule has 1 aliphatic rings. The molecular weight excluding hydrogens is 286 g/mol. The Kier molecular flexibility index (Phi) is 6.74. The van der Waals surface area contributed by atoms with Gasteiger partial charge in [-0.15, -0.1) is 0 Å². The van der Waals surface area contributed by atoms with Crippen LogP contribution in [0.2, 0.25) is 5.02 Å². The molecule has 1 saturated heterocycles. The lowest BCUT2D eigenvalue weighted by atomic mass is 10.1. The van der Waals surface area contributed by atoms with Gasteiger partial charge in [0.25, 0.3) is 0 Å². The van der Waals surface area contributed by atoms with Crippen molar-refractivity contribution in [1.29, 1.82) is 0 Å². The van der Waals surface area contributed by atoms with E-state index in [1.807, 2.05) is 12.3 Å². The smallest absolute Gasteiger partial charge is 0.232 e. The maximum absolute atomic E-state index is 6.24. The second kappa shape index (κ2) is 8.57. The molecule has 0 aromatic carbocycles. The van der Waals surface area contributed by atoms with E-state index in [9.17, 15) is 0 Å². The normalized spacial score (nSPS) is 16.4. The zero-order valence-corrected chi connectivity index (χ0v) is 13.8. The van der Waals surface area contributed by atoms with E-state index in [2.05, 4.69) is 29.0 Å². The van der Waals surface area contributed by atoms with Crippen molar-refractivity contribution in [3.05, 3.63) is 22.8 Å². The highest BCUT2D eigenvalue weighted by Gasteiger charge is 2.11. The molecule has 2 rings (SSSR count). The first kappa shape index (κ1) is 16.5. The van der Waals surface area contributed by atoms with Crippen LogP contribution >= 0.6 is 11.6 Å². The van der Waals surface area contributed by atoms with Gasteiger partial charge in [-0.1, -0.05) is 31.9 Å². The van der Waals surface area contributed by atoms with Crippen molar-refractivity contribution in [3.63, 3.8) is 0 Å². The lowest BCUT2D eigenvalue weighted by Gasteiger charge is -2.26. The Hall–Kier alpha value is -0.840. The molecule has 118 valence electrons. The molecule has 0 bridgehead atoms. The molecule has 1 fully saturated rings. The molecule has 1 aromatic heterocycles. The van der Waals surface area contributed by atoms with Crippen molar-refractivity contribution in [1.82, 2.24) is 15.2 Å². The van der Waals surface area contributed by atoms with Crippen LogP contribution in [0.3, 0.4) is 0 Å². The molecule has 4 nitrogen and oxygen atoms in total. The van der Waals surface area contributed by atoms with Crippen LogP contribution in [0.25, 0.3) is 0 Å². The standard InChI is InChI=1S/C16H26ClN3O/c1-13(2)18-11-14-10-15(17)16(19-12-14)21-9-8-20-6-4-3-5-7-20/h10,12-13,18H,3-9,11H2,1-2H3. The van der Waals surface area contributed by atoms with E-state index in [4.69, 9.17) is 16.3 Å². The van der Waals surface area contributed by atoms with Gasteiger partial charge in [0.15, 0.2) is 0 Å². The van der Waals surface area contributed by atoms with Crippen molar-refractivity contribution in [2.75, 3.05) is 26.2 Å². The number of nitrogens with one attached hydrogen (secondary N) is 1. The molecule has 0 spiro atoms.